The maximum absolute atomic E-state index is 3.80. The van der Waals surface area contributed by atoms with Gasteiger partial charge in [0.2, 0.25) is 0 Å². The van der Waals surface area contributed by atoms with E-state index in [9.17, 15) is 0 Å². The zero-order chi connectivity index (χ0) is 10.7. The molecule has 0 aromatic carbocycles. The standard InChI is InChI=1S/C13H26N2/c1-3-13(7-5-8-13)11-14-12-6-4-9-15(2)10-12/h12,14H,3-11H2,1-2H3. The van der Waals surface area contributed by atoms with Crippen LogP contribution >= 0.6 is 0 Å². The summed E-state index contributed by atoms with van der Waals surface area (Å²) in [6.45, 7) is 6.16. The van der Waals surface area contributed by atoms with Gasteiger partial charge in [-0.3, -0.25) is 0 Å². The van der Waals surface area contributed by atoms with Crippen molar-refractivity contribution in [3.8, 4) is 0 Å². The van der Waals surface area contributed by atoms with Gasteiger partial charge >= 0.3 is 0 Å². The van der Waals surface area contributed by atoms with Gasteiger partial charge in [-0.1, -0.05) is 13.3 Å². The fraction of sp³-hybridized carbons (Fsp3) is 1.00. The molecule has 2 aliphatic rings. The van der Waals surface area contributed by atoms with E-state index in [0.717, 1.165) is 6.04 Å². The first-order valence-electron chi connectivity index (χ1n) is 6.66. The summed E-state index contributed by atoms with van der Waals surface area (Å²) in [6, 6.07) is 0.757. The summed E-state index contributed by atoms with van der Waals surface area (Å²) in [5.74, 6) is 0. The predicted octanol–water partition coefficient (Wildman–Crippen LogP) is 2.25. The van der Waals surface area contributed by atoms with Gasteiger partial charge in [0.15, 0.2) is 0 Å². The van der Waals surface area contributed by atoms with E-state index in [0.29, 0.717) is 5.41 Å². The van der Waals surface area contributed by atoms with Crippen LogP contribution in [-0.4, -0.2) is 37.6 Å². The van der Waals surface area contributed by atoms with Gasteiger partial charge < -0.3 is 10.2 Å². The van der Waals surface area contributed by atoms with Gasteiger partial charge in [0.25, 0.3) is 0 Å². The first-order valence-corrected chi connectivity index (χ1v) is 6.66. The molecule has 2 heteroatoms. The highest BCUT2D eigenvalue weighted by atomic mass is 15.1. The highest BCUT2D eigenvalue weighted by Crippen LogP contribution is 2.43. The lowest BCUT2D eigenvalue weighted by molar-refractivity contribution is 0.109. The van der Waals surface area contributed by atoms with Crippen LogP contribution in [0.1, 0.15) is 45.4 Å². The number of nitrogens with one attached hydrogen (secondary N) is 1. The Balaban J connectivity index is 1.72. The maximum atomic E-state index is 3.80. The second kappa shape index (κ2) is 4.84. The Morgan fingerprint density at radius 2 is 2.13 bits per heavy atom. The van der Waals surface area contributed by atoms with Crippen molar-refractivity contribution < 1.29 is 0 Å². The molecule has 0 aromatic rings. The summed E-state index contributed by atoms with van der Waals surface area (Å²) < 4.78 is 0. The largest absolute Gasteiger partial charge is 0.312 e. The zero-order valence-corrected chi connectivity index (χ0v) is 10.4. The lowest BCUT2D eigenvalue weighted by Gasteiger charge is -2.43. The minimum absolute atomic E-state index is 0.677. The van der Waals surface area contributed by atoms with Gasteiger partial charge in [0.05, 0.1) is 0 Å². The molecule has 2 nitrogen and oxygen atoms in total. The normalized spacial score (nSPS) is 31.2. The van der Waals surface area contributed by atoms with Gasteiger partial charge in [0, 0.05) is 19.1 Å². The van der Waals surface area contributed by atoms with E-state index in [2.05, 4.69) is 24.2 Å². The van der Waals surface area contributed by atoms with E-state index in [1.807, 2.05) is 0 Å². The number of likely N-dealkylation sites (N-methyl/N-ethyl adjacent to an activating group) is 1. The first kappa shape index (κ1) is 11.4. The van der Waals surface area contributed by atoms with Crippen molar-refractivity contribution in [1.29, 1.82) is 0 Å². The molecule has 0 amide bonds. The van der Waals surface area contributed by atoms with Crippen LogP contribution in [0.3, 0.4) is 0 Å². The van der Waals surface area contributed by atoms with Gasteiger partial charge in [-0.05, 0) is 51.1 Å². The van der Waals surface area contributed by atoms with Gasteiger partial charge in [0.1, 0.15) is 0 Å². The maximum Gasteiger partial charge on any atom is 0.0195 e. The number of rotatable bonds is 4. The van der Waals surface area contributed by atoms with Gasteiger partial charge in [-0.25, -0.2) is 0 Å². The van der Waals surface area contributed by atoms with E-state index >= 15 is 0 Å². The number of likely N-dealkylation sites (tertiary alicyclic amines) is 1. The summed E-state index contributed by atoms with van der Waals surface area (Å²) in [4.78, 5) is 2.46. The van der Waals surface area contributed by atoms with Crippen LogP contribution in [0.25, 0.3) is 0 Å². The minimum atomic E-state index is 0.677. The molecule has 1 heterocycles. The summed E-state index contributed by atoms with van der Waals surface area (Å²) in [5.41, 5.74) is 0.677. The third kappa shape index (κ3) is 2.73. The molecule has 1 saturated heterocycles. The number of nitrogens with zero attached hydrogens (tertiary/aromatic N) is 1. The third-order valence-corrected chi connectivity index (χ3v) is 4.55. The average molecular weight is 210 g/mol. The SMILES string of the molecule is CCC1(CNC2CCCN(C)C2)CCC1. The van der Waals surface area contributed by atoms with Crippen molar-refractivity contribution in [2.24, 2.45) is 5.41 Å². The zero-order valence-electron chi connectivity index (χ0n) is 10.4. The van der Waals surface area contributed by atoms with Crippen molar-refractivity contribution in [3.63, 3.8) is 0 Å². The summed E-state index contributed by atoms with van der Waals surface area (Å²) in [7, 11) is 2.24. The molecule has 15 heavy (non-hydrogen) atoms. The van der Waals surface area contributed by atoms with Crippen molar-refractivity contribution >= 4 is 0 Å². The quantitative estimate of drug-likeness (QED) is 0.765. The van der Waals surface area contributed by atoms with Crippen LogP contribution in [0.4, 0.5) is 0 Å². The van der Waals surface area contributed by atoms with Crippen molar-refractivity contribution in [2.75, 3.05) is 26.7 Å². The van der Waals surface area contributed by atoms with E-state index < -0.39 is 0 Å². The molecule has 0 spiro atoms. The monoisotopic (exact) mass is 210 g/mol. The van der Waals surface area contributed by atoms with E-state index in [1.165, 1.54) is 58.2 Å². The minimum Gasteiger partial charge on any atom is -0.312 e. The highest BCUT2D eigenvalue weighted by Gasteiger charge is 2.35. The Morgan fingerprint density at radius 1 is 1.33 bits per heavy atom. The van der Waals surface area contributed by atoms with Crippen molar-refractivity contribution in [2.45, 2.75) is 51.5 Å². The van der Waals surface area contributed by atoms with Crippen LogP contribution in [-0.2, 0) is 0 Å². The number of hydrogen-bond acceptors (Lipinski definition) is 2. The first-order chi connectivity index (χ1) is 7.24. The van der Waals surface area contributed by atoms with Crippen molar-refractivity contribution in [1.82, 2.24) is 10.2 Å². The molecular weight excluding hydrogens is 184 g/mol. The molecule has 2 fully saturated rings. The number of hydrogen-bond donors (Lipinski definition) is 1. The molecular formula is C13H26N2. The lowest BCUT2D eigenvalue weighted by atomic mass is 9.67. The Bertz CT molecular complexity index is 193. The van der Waals surface area contributed by atoms with Crippen molar-refractivity contribution in [3.05, 3.63) is 0 Å². The predicted molar refractivity (Wildman–Crippen MR) is 65.1 cm³/mol. The molecule has 0 bridgehead atoms. The summed E-state index contributed by atoms with van der Waals surface area (Å²) in [6.07, 6.45) is 8.48. The molecule has 1 unspecified atom stereocenters. The topological polar surface area (TPSA) is 15.3 Å². The Kier molecular flexibility index (Phi) is 3.68. The number of piperidine rings is 1. The second-order valence-corrected chi connectivity index (χ2v) is 5.69. The molecule has 1 saturated carbocycles. The van der Waals surface area contributed by atoms with Crippen LogP contribution in [0.15, 0.2) is 0 Å². The summed E-state index contributed by atoms with van der Waals surface area (Å²) in [5, 5.41) is 3.80. The van der Waals surface area contributed by atoms with Crippen LogP contribution in [0, 0.1) is 5.41 Å². The Hall–Kier alpha value is -0.0800. The van der Waals surface area contributed by atoms with Gasteiger partial charge in [-0.2, -0.15) is 0 Å². The van der Waals surface area contributed by atoms with Crippen LogP contribution in [0.2, 0.25) is 0 Å². The van der Waals surface area contributed by atoms with E-state index in [4.69, 9.17) is 0 Å². The summed E-state index contributed by atoms with van der Waals surface area (Å²) >= 11 is 0. The molecule has 1 aliphatic heterocycles. The van der Waals surface area contributed by atoms with Crippen LogP contribution in [0.5, 0.6) is 0 Å². The molecule has 88 valence electrons. The molecule has 1 atom stereocenters. The smallest absolute Gasteiger partial charge is 0.0195 e. The van der Waals surface area contributed by atoms with E-state index in [-0.39, 0.29) is 0 Å². The Morgan fingerprint density at radius 3 is 2.67 bits per heavy atom. The van der Waals surface area contributed by atoms with Crippen LogP contribution < -0.4 is 5.32 Å². The molecule has 1 N–H and O–H groups in total. The lowest BCUT2D eigenvalue weighted by Crippen LogP contribution is -2.49. The fourth-order valence-corrected chi connectivity index (χ4v) is 3.03. The van der Waals surface area contributed by atoms with E-state index in [1.54, 1.807) is 0 Å². The molecule has 1 aliphatic carbocycles. The Labute approximate surface area is 94.4 Å². The highest BCUT2D eigenvalue weighted by molar-refractivity contribution is 4.90. The molecule has 0 aromatic heterocycles. The third-order valence-electron chi connectivity index (χ3n) is 4.55. The molecule has 0 radical (unpaired) electrons. The molecule has 2 rings (SSSR count). The van der Waals surface area contributed by atoms with Gasteiger partial charge in [-0.15, -0.1) is 0 Å². The average Bonchev–Trinajstić information content (AvgIpc) is 2.17. The second-order valence-electron chi connectivity index (χ2n) is 5.69. The fourth-order valence-electron chi connectivity index (χ4n) is 3.03.